The average Bonchev–Trinajstić information content (AvgIpc) is 3.12. The molecule has 0 unspecified atom stereocenters. The van der Waals surface area contributed by atoms with Gasteiger partial charge in [0.05, 0.1) is 25.6 Å². The summed E-state index contributed by atoms with van der Waals surface area (Å²) in [4.78, 5) is 16.2. The summed E-state index contributed by atoms with van der Waals surface area (Å²) in [7, 11) is 3.12. The number of para-hydroxylation sites is 1. The second kappa shape index (κ2) is 7.98. The summed E-state index contributed by atoms with van der Waals surface area (Å²) < 4.78 is 10.5. The van der Waals surface area contributed by atoms with Crippen molar-refractivity contribution < 1.29 is 14.3 Å². The van der Waals surface area contributed by atoms with Crippen LogP contribution in [0.3, 0.4) is 0 Å². The van der Waals surface area contributed by atoms with Gasteiger partial charge < -0.3 is 25.1 Å². The Morgan fingerprint density at radius 3 is 2.31 bits per heavy atom. The molecule has 0 aliphatic heterocycles. The first-order valence-electron chi connectivity index (χ1n) is 9.15. The zero-order chi connectivity index (χ0) is 20.2. The number of carbonyl (C=O) groups excluding carboxylic acids is 1. The van der Waals surface area contributed by atoms with Crippen LogP contribution in [0, 0.1) is 0 Å². The Kier molecular flexibility index (Phi) is 5.07. The Morgan fingerprint density at radius 1 is 0.828 bits per heavy atom. The predicted molar refractivity (Wildman–Crippen MR) is 116 cm³/mol. The third kappa shape index (κ3) is 3.73. The highest BCUT2D eigenvalue weighted by Crippen LogP contribution is 2.35. The molecule has 0 saturated carbocycles. The van der Waals surface area contributed by atoms with E-state index in [1.54, 1.807) is 32.4 Å². The molecule has 2 amide bonds. The summed E-state index contributed by atoms with van der Waals surface area (Å²) in [5, 5.41) is 6.78. The number of ether oxygens (including phenoxy) is 2. The normalized spacial score (nSPS) is 10.6. The van der Waals surface area contributed by atoms with E-state index in [-0.39, 0.29) is 6.03 Å². The molecule has 1 heterocycles. The quantitative estimate of drug-likeness (QED) is 0.423. The minimum absolute atomic E-state index is 0.348. The summed E-state index contributed by atoms with van der Waals surface area (Å²) in [6.07, 6.45) is 0. The lowest BCUT2D eigenvalue weighted by Crippen LogP contribution is -2.19. The van der Waals surface area contributed by atoms with Crippen molar-refractivity contribution in [3.63, 3.8) is 0 Å². The summed E-state index contributed by atoms with van der Waals surface area (Å²) >= 11 is 0. The van der Waals surface area contributed by atoms with E-state index in [2.05, 4.69) is 15.6 Å². The standard InChI is InChI=1S/C23H21N3O3/c1-28-19-13-12-16(14-20(19)29-2)24-23(27)26-22-17-10-6-7-11-18(17)25-21(22)15-8-4-3-5-9-15/h3-14,25H,1-2H3,(H2,24,26,27). The van der Waals surface area contributed by atoms with Crippen LogP contribution in [-0.4, -0.2) is 25.2 Å². The number of H-pyrrole nitrogens is 1. The van der Waals surface area contributed by atoms with E-state index >= 15 is 0 Å². The topological polar surface area (TPSA) is 75.4 Å². The minimum Gasteiger partial charge on any atom is -0.493 e. The van der Waals surface area contributed by atoms with Gasteiger partial charge in [0.25, 0.3) is 0 Å². The van der Waals surface area contributed by atoms with E-state index in [4.69, 9.17) is 9.47 Å². The van der Waals surface area contributed by atoms with Gasteiger partial charge in [-0.1, -0.05) is 48.5 Å². The molecule has 0 fully saturated rings. The summed E-state index contributed by atoms with van der Waals surface area (Å²) in [6, 6.07) is 22.6. The van der Waals surface area contributed by atoms with Gasteiger partial charge in [-0.2, -0.15) is 0 Å². The first kappa shape index (κ1) is 18.4. The van der Waals surface area contributed by atoms with E-state index in [9.17, 15) is 4.79 Å². The van der Waals surface area contributed by atoms with E-state index < -0.39 is 0 Å². The number of fused-ring (bicyclic) bond motifs is 1. The van der Waals surface area contributed by atoms with Crippen LogP contribution in [0.2, 0.25) is 0 Å². The van der Waals surface area contributed by atoms with Gasteiger partial charge in [-0.3, -0.25) is 0 Å². The molecule has 0 atom stereocenters. The molecule has 0 spiro atoms. The fourth-order valence-corrected chi connectivity index (χ4v) is 3.28. The van der Waals surface area contributed by atoms with Crippen molar-refractivity contribution in [1.82, 2.24) is 4.98 Å². The number of amides is 2. The van der Waals surface area contributed by atoms with Gasteiger partial charge in [0.1, 0.15) is 0 Å². The van der Waals surface area contributed by atoms with Gasteiger partial charge in [-0.05, 0) is 18.2 Å². The Balaban J connectivity index is 1.65. The molecule has 6 heteroatoms. The SMILES string of the molecule is COc1ccc(NC(=O)Nc2c(-c3ccccc3)[nH]c3ccccc23)cc1OC. The van der Waals surface area contributed by atoms with Crippen molar-refractivity contribution in [1.29, 1.82) is 0 Å². The lowest BCUT2D eigenvalue weighted by Gasteiger charge is -2.12. The van der Waals surface area contributed by atoms with Crippen molar-refractivity contribution in [2.24, 2.45) is 0 Å². The number of rotatable bonds is 5. The van der Waals surface area contributed by atoms with Crippen molar-refractivity contribution in [3.05, 3.63) is 72.8 Å². The monoisotopic (exact) mass is 387 g/mol. The Labute approximate surface area is 168 Å². The number of aromatic amines is 1. The second-order valence-corrected chi connectivity index (χ2v) is 6.44. The molecule has 1 aromatic heterocycles. The fourth-order valence-electron chi connectivity index (χ4n) is 3.28. The van der Waals surface area contributed by atoms with Gasteiger partial charge in [-0.25, -0.2) is 4.79 Å². The van der Waals surface area contributed by atoms with Gasteiger partial charge in [-0.15, -0.1) is 0 Å². The number of aromatic nitrogens is 1. The lowest BCUT2D eigenvalue weighted by atomic mass is 10.1. The summed E-state index contributed by atoms with van der Waals surface area (Å²) in [5.74, 6) is 1.14. The highest BCUT2D eigenvalue weighted by Gasteiger charge is 2.16. The van der Waals surface area contributed by atoms with E-state index in [1.807, 2.05) is 54.6 Å². The van der Waals surface area contributed by atoms with E-state index in [0.29, 0.717) is 17.2 Å². The third-order valence-electron chi connectivity index (χ3n) is 4.65. The number of methoxy groups -OCH3 is 2. The Hall–Kier alpha value is -3.93. The molecule has 0 aliphatic carbocycles. The molecule has 0 saturated heterocycles. The van der Waals surface area contributed by atoms with Gasteiger partial charge in [0, 0.05) is 28.2 Å². The maximum absolute atomic E-state index is 12.8. The Morgan fingerprint density at radius 2 is 1.55 bits per heavy atom. The predicted octanol–water partition coefficient (Wildman–Crippen LogP) is 5.50. The third-order valence-corrected chi connectivity index (χ3v) is 4.65. The first-order chi connectivity index (χ1) is 14.2. The second-order valence-electron chi connectivity index (χ2n) is 6.44. The van der Waals surface area contributed by atoms with Crippen LogP contribution in [0.4, 0.5) is 16.2 Å². The number of hydrogen-bond acceptors (Lipinski definition) is 3. The smallest absolute Gasteiger partial charge is 0.323 e. The van der Waals surface area contributed by atoms with Crippen LogP contribution in [-0.2, 0) is 0 Å². The van der Waals surface area contributed by atoms with E-state index in [0.717, 1.165) is 27.8 Å². The van der Waals surface area contributed by atoms with Crippen LogP contribution in [0.1, 0.15) is 0 Å². The molecule has 29 heavy (non-hydrogen) atoms. The zero-order valence-corrected chi connectivity index (χ0v) is 16.2. The zero-order valence-electron chi connectivity index (χ0n) is 16.2. The largest absolute Gasteiger partial charge is 0.493 e. The van der Waals surface area contributed by atoms with E-state index in [1.165, 1.54) is 0 Å². The number of carbonyl (C=O) groups is 1. The molecule has 3 N–H and O–H groups in total. The van der Waals surface area contributed by atoms with Crippen molar-refractivity contribution in [2.75, 3.05) is 24.9 Å². The first-order valence-corrected chi connectivity index (χ1v) is 9.15. The van der Waals surface area contributed by atoms with Gasteiger partial charge in [0.15, 0.2) is 11.5 Å². The van der Waals surface area contributed by atoms with Crippen molar-refractivity contribution >= 4 is 28.3 Å². The summed E-state index contributed by atoms with van der Waals surface area (Å²) in [5.41, 5.74) is 4.12. The van der Waals surface area contributed by atoms with Crippen LogP contribution in [0.5, 0.6) is 11.5 Å². The molecular weight excluding hydrogens is 366 g/mol. The highest BCUT2D eigenvalue weighted by molar-refractivity contribution is 6.10. The van der Waals surface area contributed by atoms with Crippen molar-refractivity contribution in [2.45, 2.75) is 0 Å². The highest BCUT2D eigenvalue weighted by atomic mass is 16.5. The molecule has 6 nitrogen and oxygen atoms in total. The molecule has 146 valence electrons. The number of hydrogen-bond donors (Lipinski definition) is 3. The van der Waals surface area contributed by atoms with Gasteiger partial charge in [0.2, 0.25) is 0 Å². The Bertz CT molecular complexity index is 1150. The molecule has 4 aromatic rings. The average molecular weight is 387 g/mol. The lowest BCUT2D eigenvalue weighted by molar-refractivity contribution is 0.262. The number of benzene rings is 3. The van der Waals surface area contributed by atoms with Crippen LogP contribution in [0.25, 0.3) is 22.2 Å². The maximum Gasteiger partial charge on any atom is 0.323 e. The molecule has 0 bridgehead atoms. The van der Waals surface area contributed by atoms with Crippen LogP contribution >= 0.6 is 0 Å². The number of urea groups is 1. The molecule has 4 rings (SSSR count). The number of anilines is 2. The maximum atomic E-state index is 12.8. The molecular formula is C23H21N3O3. The molecule has 0 aliphatic rings. The number of nitrogens with one attached hydrogen (secondary N) is 3. The van der Waals surface area contributed by atoms with Crippen molar-refractivity contribution in [3.8, 4) is 22.8 Å². The van der Waals surface area contributed by atoms with Gasteiger partial charge >= 0.3 is 6.03 Å². The van der Waals surface area contributed by atoms with Crippen LogP contribution < -0.4 is 20.1 Å². The minimum atomic E-state index is -0.348. The fraction of sp³-hybridized carbons (Fsp3) is 0.0870. The molecule has 0 radical (unpaired) electrons. The molecule has 3 aromatic carbocycles. The van der Waals surface area contributed by atoms with Crippen LogP contribution in [0.15, 0.2) is 72.8 Å². The summed E-state index contributed by atoms with van der Waals surface area (Å²) in [6.45, 7) is 0.